The summed E-state index contributed by atoms with van der Waals surface area (Å²) >= 11 is 6.27. The molecule has 160 valence electrons. The SMILES string of the molecule is OC(CN1CCNC(C2CCCCC2)C1)Cn1c2ccccc2c2cc(Cl)ccc21. The third-order valence-electron chi connectivity index (χ3n) is 7.11. The first kappa shape index (κ1) is 20.3. The quantitative estimate of drug-likeness (QED) is 0.624. The highest BCUT2D eigenvalue weighted by Gasteiger charge is 2.28. The number of benzene rings is 2. The molecule has 2 heterocycles. The van der Waals surface area contributed by atoms with Gasteiger partial charge in [-0.15, -0.1) is 0 Å². The number of hydrogen-bond acceptors (Lipinski definition) is 3. The number of para-hydroxylation sites is 1. The summed E-state index contributed by atoms with van der Waals surface area (Å²) in [7, 11) is 0. The van der Waals surface area contributed by atoms with Crippen LogP contribution in [0.4, 0.5) is 0 Å². The van der Waals surface area contributed by atoms with Gasteiger partial charge >= 0.3 is 0 Å². The van der Waals surface area contributed by atoms with E-state index in [9.17, 15) is 5.11 Å². The van der Waals surface area contributed by atoms with Crippen LogP contribution in [0, 0.1) is 5.92 Å². The first-order valence-corrected chi connectivity index (χ1v) is 11.9. The minimum absolute atomic E-state index is 0.398. The number of hydrogen-bond donors (Lipinski definition) is 2. The van der Waals surface area contributed by atoms with Crippen LogP contribution in [-0.4, -0.2) is 52.9 Å². The topological polar surface area (TPSA) is 40.4 Å². The Morgan fingerprint density at radius 2 is 1.80 bits per heavy atom. The highest BCUT2D eigenvalue weighted by atomic mass is 35.5. The van der Waals surface area contributed by atoms with E-state index in [1.165, 1.54) is 37.5 Å². The van der Waals surface area contributed by atoms with E-state index in [0.717, 1.165) is 53.5 Å². The van der Waals surface area contributed by atoms with E-state index < -0.39 is 6.10 Å². The summed E-state index contributed by atoms with van der Waals surface area (Å²) in [6.45, 7) is 4.44. The largest absolute Gasteiger partial charge is 0.390 e. The summed E-state index contributed by atoms with van der Waals surface area (Å²) in [6.07, 6.45) is 6.47. The van der Waals surface area contributed by atoms with Crippen LogP contribution in [0.25, 0.3) is 21.8 Å². The van der Waals surface area contributed by atoms with Gasteiger partial charge in [0.1, 0.15) is 0 Å². The fourth-order valence-corrected chi connectivity index (χ4v) is 5.82. The number of nitrogens with one attached hydrogen (secondary N) is 1. The van der Waals surface area contributed by atoms with Gasteiger partial charge in [-0.05, 0) is 43.0 Å². The van der Waals surface area contributed by atoms with Crippen molar-refractivity contribution in [3.05, 3.63) is 47.5 Å². The van der Waals surface area contributed by atoms with Crippen molar-refractivity contribution < 1.29 is 5.11 Å². The van der Waals surface area contributed by atoms with E-state index in [1.807, 2.05) is 12.1 Å². The van der Waals surface area contributed by atoms with Crippen LogP contribution in [-0.2, 0) is 6.54 Å². The van der Waals surface area contributed by atoms with Crippen molar-refractivity contribution in [2.24, 2.45) is 5.92 Å². The standard InChI is InChI=1S/C25H32ClN3O/c26-19-10-11-25-22(14-19)21-8-4-5-9-24(21)29(25)16-20(30)15-28-13-12-27-23(17-28)18-6-2-1-3-7-18/h4-5,8-11,14,18,20,23,27,30H,1-3,6-7,12-13,15-17H2. The van der Waals surface area contributed by atoms with Gasteiger partial charge in [0.2, 0.25) is 0 Å². The molecule has 5 heteroatoms. The molecule has 2 fully saturated rings. The molecule has 5 rings (SSSR count). The van der Waals surface area contributed by atoms with Crippen LogP contribution in [0.2, 0.25) is 5.02 Å². The maximum absolute atomic E-state index is 11.0. The van der Waals surface area contributed by atoms with E-state index in [0.29, 0.717) is 12.6 Å². The average Bonchev–Trinajstić information content (AvgIpc) is 3.07. The number of halogens is 1. The number of β-amino-alcohol motifs (C(OH)–C–C–N with tert-alkyl or cyclic N) is 1. The van der Waals surface area contributed by atoms with Gasteiger partial charge in [-0.2, -0.15) is 0 Å². The molecule has 0 radical (unpaired) electrons. The van der Waals surface area contributed by atoms with E-state index in [2.05, 4.69) is 45.1 Å². The zero-order valence-electron chi connectivity index (χ0n) is 17.6. The Labute approximate surface area is 183 Å². The normalized spacial score (nSPS) is 22.7. The lowest BCUT2D eigenvalue weighted by molar-refractivity contribution is 0.0714. The molecule has 4 nitrogen and oxygen atoms in total. The van der Waals surface area contributed by atoms with E-state index in [1.54, 1.807) is 0 Å². The number of piperazine rings is 1. The molecule has 2 atom stereocenters. The van der Waals surface area contributed by atoms with Gasteiger partial charge in [-0.1, -0.05) is 49.1 Å². The van der Waals surface area contributed by atoms with Crippen molar-refractivity contribution in [2.75, 3.05) is 26.2 Å². The Bertz CT molecular complexity index is 1010. The minimum atomic E-state index is -0.398. The molecular formula is C25H32ClN3O. The second kappa shape index (κ2) is 8.88. The van der Waals surface area contributed by atoms with Crippen molar-refractivity contribution in [3.8, 4) is 0 Å². The maximum atomic E-state index is 11.0. The minimum Gasteiger partial charge on any atom is -0.390 e. The second-order valence-electron chi connectivity index (χ2n) is 9.16. The predicted octanol–water partition coefficient (Wildman–Crippen LogP) is 4.66. The highest BCUT2D eigenvalue weighted by Crippen LogP contribution is 2.31. The summed E-state index contributed by atoms with van der Waals surface area (Å²) in [5, 5.41) is 17.9. The lowest BCUT2D eigenvalue weighted by atomic mass is 9.83. The van der Waals surface area contributed by atoms with Crippen molar-refractivity contribution in [1.29, 1.82) is 0 Å². The van der Waals surface area contributed by atoms with E-state index in [-0.39, 0.29) is 0 Å². The number of aliphatic hydroxyl groups excluding tert-OH is 1. The number of rotatable bonds is 5. The average molecular weight is 426 g/mol. The molecule has 2 aromatic carbocycles. The maximum Gasteiger partial charge on any atom is 0.0845 e. The zero-order chi connectivity index (χ0) is 20.5. The van der Waals surface area contributed by atoms with Crippen LogP contribution >= 0.6 is 11.6 Å². The van der Waals surface area contributed by atoms with Gasteiger partial charge in [-0.3, -0.25) is 4.90 Å². The molecule has 2 unspecified atom stereocenters. The monoisotopic (exact) mass is 425 g/mol. The molecule has 2 aliphatic rings. The van der Waals surface area contributed by atoms with Crippen LogP contribution in [0.1, 0.15) is 32.1 Å². The number of aliphatic hydroxyl groups is 1. The van der Waals surface area contributed by atoms with Gasteiger partial charge < -0.3 is 15.0 Å². The summed E-state index contributed by atoms with van der Waals surface area (Å²) in [5.41, 5.74) is 2.30. The molecule has 1 aromatic heterocycles. The van der Waals surface area contributed by atoms with Gasteiger partial charge in [0, 0.05) is 59.0 Å². The number of nitrogens with zero attached hydrogens (tertiary/aromatic N) is 2. The Kier molecular flexibility index (Phi) is 6.01. The Morgan fingerprint density at radius 3 is 2.67 bits per heavy atom. The third-order valence-corrected chi connectivity index (χ3v) is 7.34. The molecule has 0 bridgehead atoms. The third kappa shape index (κ3) is 4.11. The van der Waals surface area contributed by atoms with Gasteiger partial charge in [0.05, 0.1) is 12.6 Å². The number of aromatic nitrogens is 1. The van der Waals surface area contributed by atoms with E-state index >= 15 is 0 Å². The summed E-state index contributed by atoms with van der Waals surface area (Å²) in [5.74, 6) is 0.806. The van der Waals surface area contributed by atoms with E-state index in [4.69, 9.17) is 11.6 Å². The van der Waals surface area contributed by atoms with Crippen LogP contribution in [0.3, 0.4) is 0 Å². The molecule has 0 spiro atoms. The predicted molar refractivity (Wildman–Crippen MR) is 125 cm³/mol. The fraction of sp³-hybridized carbons (Fsp3) is 0.520. The summed E-state index contributed by atoms with van der Waals surface area (Å²) < 4.78 is 2.26. The first-order chi connectivity index (χ1) is 14.7. The van der Waals surface area contributed by atoms with Crippen LogP contribution in [0.5, 0.6) is 0 Å². The Balaban J connectivity index is 1.31. The number of fused-ring (bicyclic) bond motifs is 3. The Morgan fingerprint density at radius 1 is 1.00 bits per heavy atom. The van der Waals surface area contributed by atoms with Gasteiger partial charge in [0.15, 0.2) is 0 Å². The fourth-order valence-electron chi connectivity index (χ4n) is 5.65. The zero-order valence-corrected chi connectivity index (χ0v) is 18.3. The molecule has 3 aromatic rings. The van der Waals surface area contributed by atoms with Crippen LogP contribution in [0.15, 0.2) is 42.5 Å². The Hall–Kier alpha value is -1.59. The van der Waals surface area contributed by atoms with Crippen molar-refractivity contribution in [2.45, 2.75) is 50.8 Å². The highest BCUT2D eigenvalue weighted by molar-refractivity contribution is 6.31. The molecule has 0 amide bonds. The lowest BCUT2D eigenvalue weighted by Gasteiger charge is -2.40. The van der Waals surface area contributed by atoms with Gasteiger partial charge in [0.25, 0.3) is 0 Å². The molecule has 1 saturated carbocycles. The molecular weight excluding hydrogens is 394 g/mol. The van der Waals surface area contributed by atoms with Crippen molar-refractivity contribution in [1.82, 2.24) is 14.8 Å². The molecule has 1 saturated heterocycles. The molecule has 30 heavy (non-hydrogen) atoms. The lowest BCUT2D eigenvalue weighted by Crippen LogP contribution is -2.55. The smallest absolute Gasteiger partial charge is 0.0845 e. The van der Waals surface area contributed by atoms with Crippen LogP contribution < -0.4 is 5.32 Å². The molecule has 2 N–H and O–H groups in total. The molecule has 1 aliphatic carbocycles. The second-order valence-corrected chi connectivity index (χ2v) is 9.60. The van der Waals surface area contributed by atoms with Crippen molar-refractivity contribution in [3.63, 3.8) is 0 Å². The van der Waals surface area contributed by atoms with Crippen molar-refractivity contribution >= 4 is 33.4 Å². The summed E-state index contributed by atoms with van der Waals surface area (Å²) in [6, 6.07) is 15.0. The summed E-state index contributed by atoms with van der Waals surface area (Å²) in [4.78, 5) is 2.46. The first-order valence-electron chi connectivity index (χ1n) is 11.5. The molecule has 1 aliphatic heterocycles. The van der Waals surface area contributed by atoms with Gasteiger partial charge in [-0.25, -0.2) is 0 Å².